The zero-order valence-corrected chi connectivity index (χ0v) is 31.0. The first kappa shape index (κ1) is 31.7. The third-order valence-electron chi connectivity index (χ3n) is 11.8. The molecule has 3 nitrogen and oxygen atoms in total. The van der Waals surface area contributed by atoms with E-state index in [-0.39, 0.29) is 0 Å². The summed E-state index contributed by atoms with van der Waals surface area (Å²) in [5, 5.41) is 7.49. The number of hydrogen-bond donors (Lipinski definition) is 0. The van der Waals surface area contributed by atoms with E-state index >= 15 is 0 Å². The average Bonchev–Trinajstić information content (AvgIpc) is 3.92. The first-order valence-electron chi connectivity index (χ1n) is 19.6. The molecular weight excluding hydrogens is 691 g/mol. The van der Waals surface area contributed by atoms with Crippen molar-refractivity contribution in [2.24, 2.45) is 0 Å². The molecule has 9 aromatic carbocycles. The second-order valence-electron chi connectivity index (χ2n) is 15.0. The molecule has 0 unspecified atom stereocenters. The maximum atomic E-state index is 2.45. The molecule has 0 fully saturated rings. The lowest BCUT2D eigenvalue weighted by Crippen LogP contribution is -1.96. The van der Waals surface area contributed by atoms with Crippen molar-refractivity contribution in [2.45, 2.75) is 0 Å². The van der Waals surface area contributed by atoms with Crippen LogP contribution in [0.5, 0.6) is 0 Å². The number of benzene rings is 9. The summed E-state index contributed by atoms with van der Waals surface area (Å²) < 4.78 is 7.23. The summed E-state index contributed by atoms with van der Waals surface area (Å²) in [5.41, 5.74) is 15.5. The van der Waals surface area contributed by atoms with Gasteiger partial charge in [-0.2, -0.15) is 0 Å². The Morgan fingerprint density at radius 1 is 0.193 bits per heavy atom. The highest BCUT2D eigenvalue weighted by molar-refractivity contribution is 6.14. The average molecular weight is 726 g/mol. The molecule has 0 saturated carbocycles. The molecule has 0 aliphatic heterocycles. The molecular formula is C54H35N3. The third kappa shape index (κ3) is 4.86. The van der Waals surface area contributed by atoms with Gasteiger partial charge in [0, 0.05) is 49.4 Å². The van der Waals surface area contributed by atoms with Crippen LogP contribution in [-0.4, -0.2) is 13.7 Å². The lowest BCUT2D eigenvalue weighted by atomic mass is 10.0. The number of nitrogens with zero attached hydrogens (tertiary/aromatic N) is 3. The minimum Gasteiger partial charge on any atom is -0.309 e. The van der Waals surface area contributed by atoms with Gasteiger partial charge in [0.2, 0.25) is 0 Å². The van der Waals surface area contributed by atoms with Crippen molar-refractivity contribution in [2.75, 3.05) is 0 Å². The molecule has 266 valence electrons. The maximum absolute atomic E-state index is 2.45. The van der Waals surface area contributed by atoms with Gasteiger partial charge < -0.3 is 13.7 Å². The summed E-state index contributed by atoms with van der Waals surface area (Å²) in [7, 11) is 0. The van der Waals surface area contributed by atoms with Gasteiger partial charge in [-0.1, -0.05) is 133 Å². The fourth-order valence-electron chi connectivity index (χ4n) is 9.25. The molecule has 0 aliphatic carbocycles. The Morgan fingerprint density at radius 2 is 0.579 bits per heavy atom. The molecule has 3 aromatic heterocycles. The van der Waals surface area contributed by atoms with E-state index in [2.05, 4.69) is 226 Å². The van der Waals surface area contributed by atoms with Crippen LogP contribution in [0.15, 0.2) is 212 Å². The van der Waals surface area contributed by atoms with Crippen LogP contribution in [0.4, 0.5) is 0 Å². The zero-order valence-electron chi connectivity index (χ0n) is 31.0. The van der Waals surface area contributed by atoms with Gasteiger partial charge in [-0.05, 0) is 101 Å². The first-order chi connectivity index (χ1) is 28.3. The van der Waals surface area contributed by atoms with Crippen molar-refractivity contribution in [3.63, 3.8) is 0 Å². The molecule has 0 saturated heterocycles. The summed E-state index contributed by atoms with van der Waals surface area (Å²) in [5.74, 6) is 0. The predicted molar refractivity (Wildman–Crippen MR) is 240 cm³/mol. The first-order valence-corrected chi connectivity index (χ1v) is 19.6. The van der Waals surface area contributed by atoms with E-state index in [1.54, 1.807) is 0 Å². The quantitative estimate of drug-likeness (QED) is 0.168. The second kappa shape index (κ2) is 12.5. The summed E-state index contributed by atoms with van der Waals surface area (Å²) in [6.45, 7) is 0. The molecule has 57 heavy (non-hydrogen) atoms. The van der Waals surface area contributed by atoms with Crippen molar-refractivity contribution in [1.29, 1.82) is 0 Å². The molecule has 0 bridgehead atoms. The van der Waals surface area contributed by atoms with Gasteiger partial charge in [0.25, 0.3) is 0 Å². The number of aromatic nitrogens is 3. The number of para-hydroxylation sites is 4. The van der Waals surface area contributed by atoms with Gasteiger partial charge in [-0.3, -0.25) is 0 Å². The van der Waals surface area contributed by atoms with Crippen LogP contribution in [0.25, 0.3) is 105 Å². The van der Waals surface area contributed by atoms with E-state index in [4.69, 9.17) is 0 Å². The predicted octanol–water partition coefficient (Wildman–Crippen LogP) is 14.3. The van der Waals surface area contributed by atoms with Crippen LogP contribution in [0.1, 0.15) is 0 Å². The van der Waals surface area contributed by atoms with Crippen LogP contribution in [0, 0.1) is 0 Å². The monoisotopic (exact) mass is 725 g/mol. The standard InChI is InChI=1S/C54H35N3/c1-3-13-36(14-4-1)37-23-27-41(28-24-37)56-51-22-12-9-19-45(51)48-35-42(29-32-53(48)56)57-49-20-10-7-17-43(49)46-30-25-39(34-54(46)57)38-26-31-52-47(33-38)44-18-8-11-21-50(44)55(52)40-15-5-2-6-16-40/h1-35H. The molecule has 0 radical (unpaired) electrons. The summed E-state index contributed by atoms with van der Waals surface area (Å²) in [4.78, 5) is 0. The lowest BCUT2D eigenvalue weighted by molar-refractivity contribution is 1.17. The van der Waals surface area contributed by atoms with Gasteiger partial charge in [0.1, 0.15) is 0 Å². The molecule has 3 heterocycles. The maximum Gasteiger partial charge on any atom is 0.0547 e. The van der Waals surface area contributed by atoms with Gasteiger partial charge in [0.15, 0.2) is 0 Å². The Labute approximate surface area is 329 Å². The largest absolute Gasteiger partial charge is 0.309 e. The van der Waals surface area contributed by atoms with Crippen molar-refractivity contribution >= 4 is 65.4 Å². The Hall–Kier alpha value is -7.62. The Bertz CT molecular complexity index is 3490. The molecule has 0 spiro atoms. The van der Waals surface area contributed by atoms with Crippen LogP contribution in [-0.2, 0) is 0 Å². The highest BCUT2D eigenvalue weighted by Crippen LogP contribution is 2.40. The SMILES string of the molecule is c1ccc(-c2ccc(-n3c4ccccc4c4cc(-n5c6ccccc6c6ccc(-c7ccc8c(c7)c7ccccc7n8-c7ccccc7)cc65)ccc43)cc2)cc1. The van der Waals surface area contributed by atoms with Gasteiger partial charge in [-0.25, -0.2) is 0 Å². The van der Waals surface area contributed by atoms with E-state index in [9.17, 15) is 0 Å². The lowest BCUT2D eigenvalue weighted by Gasteiger charge is -2.12. The van der Waals surface area contributed by atoms with Gasteiger partial charge in [-0.15, -0.1) is 0 Å². The minimum absolute atomic E-state index is 1.15. The second-order valence-corrected chi connectivity index (χ2v) is 15.0. The van der Waals surface area contributed by atoms with Crippen molar-refractivity contribution < 1.29 is 0 Å². The van der Waals surface area contributed by atoms with E-state index in [0.717, 1.165) is 11.4 Å². The Balaban J connectivity index is 1.03. The van der Waals surface area contributed by atoms with Crippen LogP contribution >= 0.6 is 0 Å². The molecule has 0 atom stereocenters. The van der Waals surface area contributed by atoms with Crippen molar-refractivity contribution in [3.8, 4) is 39.3 Å². The number of fused-ring (bicyclic) bond motifs is 9. The number of rotatable bonds is 5. The summed E-state index contributed by atoms with van der Waals surface area (Å²) >= 11 is 0. The van der Waals surface area contributed by atoms with E-state index in [1.165, 1.54) is 93.4 Å². The topological polar surface area (TPSA) is 14.8 Å². The fourth-order valence-corrected chi connectivity index (χ4v) is 9.25. The van der Waals surface area contributed by atoms with E-state index < -0.39 is 0 Å². The van der Waals surface area contributed by atoms with Crippen LogP contribution in [0.2, 0.25) is 0 Å². The highest BCUT2D eigenvalue weighted by atomic mass is 15.0. The summed E-state index contributed by atoms with van der Waals surface area (Å²) in [6.07, 6.45) is 0. The fraction of sp³-hybridized carbons (Fsp3) is 0. The van der Waals surface area contributed by atoms with Gasteiger partial charge >= 0.3 is 0 Å². The summed E-state index contributed by atoms with van der Waals surface area (Å²) in [6, 6.07) is 77.4. The smallest absolute Gasteiger partial charge is 0.0547 e. The molecule has 0 aliphatic rings. The molecule has 0 amide bonds. The highest BCUT2D eigenvalue weighted by Gasteiger charge is 2.18. The van der Waals surface area contributed by atoms with E-state index in [0.29, 0.717) is 0 Å². The Morgan fingerprint density at radius 3 is 1.23 bits per heavy atom. The molecule has 0 N–H and O–H groups in total. The third-order valence-corrected chi connectivity index (χ3v) is 11.8. The zero-order chi connectivity index (χ0) is 37.5. The molecule has 3 heteroatoms. The van der Waals surface area contributed by atoms with Crippen molar-refractivity contribution in [3.05, 3.63) is 212 Å². The minimum atomic E-state index is 1.15. The Kier molecular flexibility index (Phi) is 6.93. The van der Waals surface area contributed by atoms with E-state index in [1.807, 2.05) is 0 Å². The van der Waals surface area contributed by atoms with Gasteiger partial charge in [0.05, 0.1) is 33.1 Å². The van der Waals surface area contributed by atoms with Crippen LogP contribution in [0.3, 0.4) is 0 Å². The van der Waals surface area contributed by atoms with Crippen LogP contribution < -0.4 is 0 Å². The molecule has 12 rings (SSSR count). The van der Waals surface area contributed by atoms with Crippen molar-refractivity contribution in [1.82, 2.24) is 13.7 Å². The number of hydrogen-bond acceptors (Lipinski definition) is 0. The normalized spacial score (nSPS) is 11.9. The molecule has 12 aromatic rings.